The molecule has 0 aliphatic carbocycles. The number of nitrogens with zero attached hydrogens (tertiary/aromatic N) is 3. The summed E-state index contributed by atoms with van der Waals surface area (Å²) in [5.41, 5.74) is 0. The molecule has 3 aliphatic rings. The Kier molecular flexibility index (Phi) is 4.21. The van der Waals surface area contributed by atoms with Crippen molar-refractivity contribution in [3.8, 4) is 0 Å². The lowest BCUT2D eigenvalue weighted by Gasteiger charge is -2.37. The molecule has 0 aromatic carbocycles. The van der Waals surface area contributed by atoms with Crippen LogP contribution >= 0.6 is 0 Å². The SMILES string of the molecule is O=C(C(=O)N1CCN2CCCC2C1)N1CCCNCC1. The molecule has 6 heteroatoms. The lowest BCUT2D eigenvalue weighted by molar-refractivity contribution is -0.153. The Bertz CT molecular complexity index is 379. The normalized spacial score (nSPS) is 28.1. The second kappa shape index (κ2) is 6.10. The number of carbonyl (C=O) groups excluding carboxylic acids is 2. The van der Waals surface area contributed by atoms with E-state index in [0.29, 0.717) is 25.7 Å². The second-order valence-electron chi connectivity index (χ2n) is 5.98. The maximum atomic E-state index is 12.4. The lowest BCUT2D eigenvalue weighted by atomic mass is 10.1. The minimum Gasteiger partial charge on any atom is -0.333 e. The van der Waals surface area contributed by atoms with Crippen LogP contribution in [0.5, 0.6) is 0 Å². The first-order chi connectivity index (χ1) is 9.75. The first-order valence-corrected chi connectivity index (χ1v) is 7.78. The highest BCUT2D eigenvalue weighted by atomic mass is 16.2. The predicted molar refractivity (Wildman–Crippen MR) is 75.2 cm³/mol. The molecule has 1 atom stereocenters. The van der Waals surface area contributed by atoms with Crippen molar-refractivity contribution in [2.45, 2.75) is 25.3 Å². The summed E-state index contributed by atoms with van der Waals surface area (Å²) in [6, 6.07) is 0.478. The van der Waals surface area contributed by atoms with Crippen LogP contribution in [0.25, 0.3) is 0 Å². The Balaban J connectivity index is 1.58. The van der Waals surface area contributed by atoms with E-state index in [1.807, 2.05) is 0 Å². The summed E-state index contributed by atoms with van der Waals surface area (Å²) in [5, 5.41) is 3.26. The van der Waals surface area contributed by atoms with Gasteiger partial charge in [-0.15, -0.1) is 0 Å². The van der Waals surface area contributed by atoms with Crippen molar-refractivity contribution in [2.75, 3.05) is 52.4 Å². The Morgan fingerprint density at radius 3 is 2.60 bits per heavy atom. The molecule has 3 heterocycles. The standard InChI is InChI=1S/C14H24N4O2/c19-13(17-7-2-4-15-5-8-17)14(20)18-10-9-16-6-1-3-12(16)11-18/h12,15H,1-11H2. The molecule has 3 rings (SSSR count). The van der Waals surface area contributed by atoms with Crippen LogP contribution < -0.4 is 5.32 Å². The molecule has 6 nitrogen and oxygen atoms in total. The maximum absolute atomic E-state index is 12.4. The predicted octanol–water partition coefficient (Wildman–Crippen LogP) is -0.885. The molecule has 112 valence electrons. The van der Waals surface area contributed by atoms with E-state index in [9.17, 15) is 9.59 Å². The number of piperazine rings is 1. The van der Waals surface area contributed by atoms with Crippen LogP contribution in [0.2, 0.25) is 0 Å². The fourth-order valence-electron chi connectivity index (χ4n) is 3.49. The van der Waals surface area contributed by atoms with E-state index in [-0.39, 0.29) is 11.8 Å². The Morgan fingerprint density at radius 2 is 1.70 bits per heavy atom. The van der Waals surface area contributed by atoms with Gasteiger partial charge in [0.1, 0.15) is 0 Å². The number of carbonyl (C=O) groups is 2. The Labute approximate surface area is 120 Å². The van der Waals surface area contributed by atoms with Gasteiger partial charge in [0.2, 0.25) is 0 Å². The summed E-state index contributed by atoms with van der Waals surface area (Å²) in [7, 11) is 0. The van der Waals surface area contributed by atoms with Crippen LogP contribution in [0.15, 0.2) is 0 Å². The average molecular weight is 280 g/mol. The van der Waals surface area contributed by atoms with Crippen molar-refractivity contribution in [3.63, 3.8) is 0 Å². The van der Waals surface area contributed by atoms with Gasteiger partial charge in [-0.25, -0.2) is 0 Å². The van der Waals surface area contributed by atoms with Crippen LogP contribution in [-0.4, -0.2) is 84.9 Å². The summed E-state index contributed by atoms with van der Waals surface area (Å²) in [5.74, 6) is -0.599. The van der Waals surface area contributed by atoms with E-state index < -0.39 is 0 Å². The highest BCUT2D eigenvalue weighted by Crippen LogP contribution is 2.21. The van der Waals surface area contributed by atoms with Gasteiger partial charge in [-0.3, -0.25) is 14.5 Å². The number of nitrogens with one attached hydrogen (secondary N) is 1. The van der Waals surface area contributed by atoms with Crippen molar-refractivity contribution < 1.29 is 9.59 Å². The molecule has 0 radical (unpaired) electrons. The van der Waals surface area contributed by atoms with E-state index in [0.717, 1.165) is 45.6 Å². The largest absolute Gasteiger partial charge is 0.333 e. The smallest absolute Gasteiger partial charge is 0.312 e. The molecule has 20 heavy (non-hydrogen) atoms. The molecule has 2 amide bonds. The van der Waals surface area contributed by atoms with Gasteiger partial charge in [-0.2, -0.15) is 0 Å². The highest BCUT2D eigenvalue weighted by molar-refractivity contribution is 6.34. The van der Waals surface area contributed by atoms with Crippen molar-refractivity contribution in [1.82, 2.24) is 20.0 Å². The maximum Gasteiger partial charge on any atom is 0.312 e. The van der Waals surface area contributed by atoms with E-state index in [1.165, 1.54) is 6.42 Å². The van der Waals surface area contributed by atoms with Crippen LogP contribution in [-0.2, 0) is 9.59 Å². The fourth-order valence-corrected chi connectivity index (χ4v) is 3.49. The van der Waals surface area contributed by atoms with Crippen LogP contribution in [0, 0.1) is 0 Å². The van der Waals surface area contributed by atoms with Gasteiger partial charge < -0.3 is 15.1 Å². The third-order valence-corrected chi connectivity index (χ3v) is 4.68. The number of amides is 2. The zero-order chi connectivity index (χ0) is 13.9. The van der Waals surface area contributed by atoms with Gasteiger partial charge in [0.05, 0.1) is 0 Å². The topological polar surface area (TPSA) is 55.9 Å². The highest BCUT2D eigenvalue weighted by Gasteiger charge is 2.35. The number of fused-ring (bicyclic) bond motifs is 1. The first kappa shape index (κ1) is 13.8. The van der Waals surface area contributed by atoms with E-state index in [4.69, 9.17) is 0 Å². The minimum atomic E-state index is -0.305. The molecule has 3 aliphatic heterocycles. The summed E-state index contributed by atoms with van der Waals surface area (Å²) in [6.07, 6.45) is 3.31. The minimum absolute atomic E-state index is 0.293. The molecule has 0 spiro atoms. The van der Waals surface area contributed by atoms with Gasteiger partial charge in [0, 0.05) is 45.3 Å². The molecule has 0 aromatic rings. The van der Waals surface area contributed by atoms with Gasteiger partial charge in [0.15, 0.2) is 0 Å². The van der Waals surface area contributed by atoms with Crippen molar-refractivity contribution >= 4 is 11.8 Å². The van der Waals surface area contributed by atoms with Crippen LogP contribution in [0.4, 0.5) is 0 Å². The van der Waals surface area contributed by atoms with Gasteiger partial charge in [0.25, 0.3) is 0 Å². The van der Waals surface area contributed by atoms with Gasteiger partial charge >= 0.3 is 11.8 Å². The van der Waals surface area contributed by atoms with Crippen molar-refractivity contribution in [1.29, 1.82) is 0 Å². The average Bonchev–Trinajstić information content (AvgIpc) is 2.77. The number of hydrogen-bond acceptors (Lipinski definition) is 4. The Hall–Kier alpha value is -1.14. The zero-order valence-corrected chi connectivity index (χ0v) is 12.0. The summed E-state index contributed by atoms with van der Waals surface area (Å²) in [6.45, 7) is 6.57. The van der Waals surface area contributed by atoms with E-state index in [2.05, 4.69) is 10.2 Å². The molecule has 1 N–H and O–H groups in total. The zero-order valence-electron chi connectivity index (χ0n) is 12.0. The molecule has 0 bridgehead atoms. The van der Waals surface area contributed by atoms with Gasteiger partial charge in [-0.1, -0.05) is 0 Å². The summed E-state index contributed by atoms with van der Waals surface area (Å²) in [4.78, 5) is 30.7. The Morgan fingerprint density at radius 1 is 0.850 bits per heavy atom. The molecule has 3 fully saturated rings. The van der Waals surface area contributed by atoms with E-state index >= 15 is 0 Å². The van der Waals surface area contributed by atoms with Crippen molar-refractivity contribution in [3.05, 3.63) is 0 Å². The molecule has 1 unspecified atom stereocenters. The fraction of sp³-hybridized carbons (Fsp3) is 0.857. The molecular weight excluding hydrogens is 256 g/mol. The van der Waals surface area contributed by atoms with Gasteiger partial charge in [-0.05, 0) is 32.4 Å². The monoisotopic (exact) mass is 280 g/mol. The molecule has 0 aromatic heterocycles. The summed E-state index contributed by atoms with van der Waals surface area (Å²) < 4.78 is 0. The first-order valence-electron chi connectivity index (χ1n) is 7.78. The second-order valence-corrected chi connectivity index (χ2v) is 5.98. The van der Waals surface area contributed by atoms with E-state index in [1.54, 1.807) is 9.80 Å². The molecule has 3 saturated heterocycles. The van der Waals surface area contributed by atoms with Crippen LogP contribution in [0.1, 0.15) is 19.3 Å². The quantitative estimate of drug-likeness (QED) is 0.585. The molecule has 0 saturated carbocycles. The number of hydrogen-bond donors (Lipinski definition) is 1. The molecular formula is C14H24N4O2. The lowest BCUT2D eigenvalue weighted by Crippen LogP contribution is -2.55. The van der Waals surface area contributed by atoms with Crippen molar-refractivity contribution in [2.24, 2.45) is 0 Å². The number of rotatable bonds is 0. The third-order valence-electron chi connectivity index (χ3n) is 4.68. The third kappa shape index (κ3) is 2.81. The van der Waals surface area contributed by atoms with Crippen LogP contribution in [0.3, 0.4) is 0 Å². The summed E-state index contributed by atoms with van der Waals surface area (Å²) >= 11 is 0.